The van der Waals surface area contributed by atoms with Crippen LogP contribution in [0.25, 0.3) is 0 Å². The number of aliphatic hydroxyl groups is 1. The molecule has 0 aromatic heterocycles. The van der Waals surface area contributed by atoms with Crippen LogP contribution in [0.4, 0.5) is 0 Å². The summed E-state index contributed by atoms with van der Waals surface area (Å²) in [5.41, 5.74) is 0. The summed E-state index contributed by atoms with van der Waals surface area (Å²) < 4.78 is 0. The summed E-state index contributed by atoms with van der Waals surface area (Å²) in [5.74, 6) is 0.139. The minimum Gasteiger partial charge on any atom is -0.389 e. The predicted molar refractivity (Wildman–Crippen MR) is 30.6 cm³/mol. The highest BCUT2D eigenvalue weighted by Crippen LogP contribution is 2.06. The standard InChI is InChI=1S/C4H11OP/c1-3(2)4(5)6/h3-5H,6H2,1-2H3. The average Bonchev–Trinajstić information content (AvgIpc) is 1.36. The Labute approximate surface area is 41.0 Å². The van der Waals surface area contributed by atoms with E-state index < -0.39 is 0 Å². The van der Waals surface area contributed by atoms with E-state index in [1.54, 1.807) is 0 Å². The van der Waals surface area contributed by atoms with Gasteiger partial charge in [0.15, 0.2) is 0 Å². The molecule has 0 aliphatic heterocycles. The van der Waals surface area contributed by atoms with E-state index in [4.69, 9.17) is 5.11 Å². The first-order chi connectivity index (χ1) is 2.64. The van der Waals surface area contributed by atoms with Crippen molar-refractivity contribution in [1.82, 2.24) is 0 Å². The molecule has 0 aliphatic rings. The Hall–Kier alpha value is 0.390. The molecule has 38 valence electrons. The van der Waals surface area contributed by atoms with Gasteiger partial charge in [-0.05, 0) is 5.92 Å². The smallest absolute Gasteiger partial charge is 0.0696 e. The summed E-state index contributed by atoms with van der Waals surface area (Å²) in [7, 11) is 2.33. The Morgan fingerprint density at radius 1 is 1.50 bits per heavy atom. The monoisotopic (exact) mass is 106 g/mol. The second-order valence-corrected chi connectivity index (χ2v) is 2.42. The molecule has 1 nitrogen and oxygen atoms in total. The van der Waals surface area contributed by atoms with Crippen LogP contribution in [-0.2, 0) is 0 Å². The Bertz CT molecular complexity index is 28.5. The van der Waals surface area contributed by atoms with Gasteiger partial charge in [-0.3, -0.25) is 0 Å². The molecule has 2 unspecified atom stereocenters. The summed E-state index contributed by atoms with van der Waals surface area (Å²) in [4.78, 5) is 0. The maximum absolute atomic E-state index is 8.59. The average molecular weight is 106 g/mol. The molecule has 0 saturated heterocycles. The SMILES string of the molecule is CC(C)C(O)P. The molecule has 0 fully saturated rings. The molecule has 0 saturated carbocycles. The fraction of sp³-hybridized carbons (Fsp3) is 1.00. The number of aliphatic hydroxyl groups excluding tert-OH is 1. The highest BCUT2D eigenvalue weighted by molar-refractivity contribution is 7.17. The Morgan fingerprint density at radius 3 is 1.67 bits per heavy atom. The molecular formula is C4H11OP. The molecule has 0 aromatic carbocycles. The zero-order valence-corrected chi connectivity index (χ0v) is 5.33. The lowest BCUT2D eigenvalue weighted by molar-refractivity contribution is 0.211. The molecule has 0 radical (unpaired) electrons. The highest BCUT2D eigenvalue weighted by Gasteiger charge is 1.97. The zero-order chi connectivity index (χ0) is 5.15. The molecule has 6 heavy (non-hydrogen) atoms. The third-order valence-electron chi connectivity index (χ3n) is 0.683. The lowest BCUT2D eigenvalue weighted by Gasteiger charge is -2.04. The molecule has 0 spiro atoms. The number of hydrogen-bond donors (Lipinski definition) is 1. The van der Waals surface area contributed by atoms with Gasteiger partial charge in [-0.2, -0.15) is 0 Å². The molecule has 0 aromatic rings. The van der Waals surface area contributed by atoms with E-state index in [1.165, 1.54) is 0 Å². The van der Waals surface area contributed by atoms with Crippen molar-refractivity contribution in [3.63, 3.8) is 0 Å². The summed E-state index contributed by atoms with van der Waals surface area (Å²) in [6.07, 6.45) is 0. The lowest BCUT2D eigenvalue weighted by atomic mass is 10.2. The molecule has 2 heteroatoms. The van der Waals surface area contributed by atoms with E-state index in [-0.39, 0.29) is 5.85 Å². The van der Waals surface area contributed by atoms with Crippen LogP contribution in [-0.4, -0.2) is 11.0 Å². The van der Waals surface area contributed by atoms with Gasteiger partial charge in [0.2, 0.25) is 0 Å². The molecule has 1 N–H and O–H groups in total. The van der Waals surface area contributed by atoms with Crippen molar-refractivity contribution < 1.29 is 5.11 Å². The molecule has 0 aliphatic carbocycles. The third kappa shape index (κ3) is 2.62. The van der Waals surface area contributed by atoms with E-state index in [0.717, 1.165) is 0 Å². The predicted octanol–water partition coefficient (Wildman–Crippen LogP) is 0.836. The summed E-state index contributed by atoms with van der Waals surface area (Å²) >= 11 is 0. The van der Waals surface area contributed by atoms with Gasteiger partial charge >= 0.3 is 0 Å². The molecule has 0 heterocycles. The van der Waals surface area contributed by atoms with Gasteiger partial charge < -0.3 is 5.11 Å². The maximum atomic E-state index is 8.59. The van der Waals surface area contributed by atoms with Crippen LogP contribution in [0, 0.1) is 5.92 Å². The van der Waals surface area contributed by atoms with Crippen molar-refractivity contribution in [2.75, 3.05) is 0 Å². The number of hydrogen-bond acceptors (Lipinski definition) is 1. The summed E-state index contributed by atoms with van der Waals surface area (Å²) in [6.45, 7) is 3.94. The first-order valence-electron chi connectivity index (χ1n) is 2.08. The van der Waals surface area contributed by atoms with Crippen molar-refractivity contribution in [2.45, 2.75) is 19.7 Å². The van der Waals surface area contributed by atoms with Gasteiger partial charge in [-0.1, -0.05) is 13.8 Å². The summed E-state index contributed by atoms with van der Waals surface area (Å²) in [5, 5.41) is 8.59. The first kappa shape index (κ1) is 6.39. The van der Waals surface area contributed by atoms with Crippen LogP contribution < -0.4 is 0 Å². The summed E-state index contributed by atoms with van der Waals surface area (Å²) in [6, 6.07) is 0. The van der Waals surface area contributed by atoms with Gasteiger partial charge in [-0.15, -0.1) is 9.24 Å². The second kappa shape index (κ2) is 2.54. The van der Waals surface area contributed by atoms with Crippen LogP contribution >= 0.6 is 9.24 Å². The Morgan fingerprint density at radius 2 is 1.67 bits per heavy atom. The van der Waals surface area contributed by atoms with E-state index in [2.05, 4.69) is 9.24 Å². The topological polar surface area (TPSA) is 20.2 Å². The second-order valence-electron chi connectivity index (χ2n) is 1.73. The first-order valence-corrected chi connectivity index (χ1v) is 2.75. The van der Waals surface area contributed by atoms with Gasteiger partial charge in [-0.25, -0.2) is 0 Å². The van der Waals surface area contributed by atoms with Gasteiger partial charge in [0.1, 0.15) is 0 Å². The van der Waals surface area contributed by atoms with Gasteiger partial charge in [0.05, 0.1) is 5.85 Å². The maximum Gasteiger partial charge on any atom is 0.0696 e. The van der Waals surface area contributed by atoms with Crippen molar-refractivity contribution in [2.24, 2.45) is 5.92 Å². The number of rotatable bonds is 1. The van der Waals surface area contributed by atoms with Crippen LogP contribution in [0.1, 0.15) is 13.8 Å². The third-order valence-corrected chi connectivity index (χ3v) is 1.45. The van der Waals surface area contributed by atoms with Crippen molar-refractivity contribution in [3.05, 3.63) is 0 Å². The molecule has 0 amide bonds. The van der Waals surface area contributed by atoms with Crippen molar-refractivity contribution in [3.8, 4) is 0 Å². The van der Waals surface area contributed by atoms with E-state index in [1.807, 2.05) is 13.8 Å². The zero-order valence-electron chi connectivity index (χ0n) is 4.18. The van der Waals surface area contributed by atoms with Crippen molar-refractivity contribution >= 4 is 9.24 Å². The van der Waals surface area contributed by atoms with Crippen LogP contribution in [0.3, 0.4) is 0 Å². The van der Waals surface area contributed by atoms with E-state index in [0.29, 0.717) is 5.92 Å². The van der Waals surface area contributed by atoms with Crippen molar-refractivity contribution in [1.29, 1.82) is 0 Å². The van der Waals surface area contributed by atoms with Crippen LogP contribution in [0.5, 0.6) is 0 Å². The van der Waals surface area contributed by atoms with E-state index >= 15 is 0 Å². The Kier molecular flexibility index (Phi) is 2.71. The largest absolute Gasteiger partial charge is 0.389 e. The minimum atomic E-state index is -0.231. The molecular weight excluding hydrogens is 95.0 g/mol. The molecule has 2 atom stereocenters. The lowest BCUT2D eigenvalue weighted by Crippen LogP contribution is -2.03. The van der Waals surface area contributed by atoms with E-state index in [9.17, 15) is 0 Å². The Balaban J connectivity index is 2.99. The minimum absolute atomic E-state index is 0.231. The van der Waals surface area contributed by atoms with Gasteiger partial charge in [0, 0.05) is 0 Å². The normalized spacial score (nSPS) is 15.5. The fourth-order valence-corrected chi connectivity index (χ4v) is 0. The van der Waals surface area contributed by atoms with Crippen LogP contribution in [0.2, 0.25) is 0 Å². The molecule has 0 rings (SSSR count). The molecule has 0 bridgehead atoms. The van der Waals surface area contributed by atoms with Gasteiger partial charge in [0.25, 0.3) is 0 Å². The van der Waals surface area contributed by atoms with Crippen LogP contribution in [0.15, 0.2) is 0 Å². The fourth-order valence-electron chi connectivity index (χ4n) is 0. The highest BCUT2D eigenvalue weighted by atomic mass is 31.0. The quantitative estimate of drug-likeness (QED) is 0.491.